The van der Waals surface area contributed by atoms with Crippen molar-refractivity contribution >= 4 is 50.5 Å². The highest BCUT2D eigenvalue weighted by Gasteiger charge is 2.21. The van der Waals surface area contributed by atoms with E-state index in [2.05, 4.69) is 15.4 Å². The van der Waals surface area contributed by atoms with E-state index in [1.165, 1.54) is 32.2 Å². The van der Waals surface area contributed by atoms with E-state index in [4.69, 9.17) is 16.3 Å². The molecule has 0 saturated carbocycles. The molecule has 10 heteroatoms. The Kier molecular flexibility index (Phi) is 7.01. The molecule has 3 N–H and O–H groups in total. The van der Waals surface area contributed by atoms with Crippen molar-refractivity contribution in [2.75, 3.05) is 22.5 Å². The highest BCUT2D eigenvalue weighted by atomic mass is 35.5. The molecule has 3 rings (SSSR count). The number of carbonyl (C=O) groups is 2. The smallest absolute Gasteiger partial charge is 0.263 e. The fourth-order valence-electron chi connectivity index (χ4n) is 2.80. The fraction of sp³-hybridized carbons (Fsp3) is 0.0909. The summed E-state index contributed by atoms with van der Waals surface area (Å²) in [5, 5.41) is 5.26. The van der Waals surface area contributed by atoms with Crippen molar-refractivity contribution < 1.29 is 22.7 Å². The number of methoxy groups -OCH3 is 1. The Balaban J connectivity index is 1.82. The van der Waals surface area contributed by atoms with Crippen LogP contribution in [0, 0.1) is 0 Å². The molecule has 32 heavy (non-hydrogen) atoms. The van der Waals surface area contributed by atoms with Crippen molar-refractivity contribution in [3.63, 3.8) is 0 Å². The van der Waals surface area contributed by atoms with Gasteiger partial charge < -0.3 is 15.4 Å². The zero-order chi connectivity index (χ0) is 23.3. The normalized spacial score (nSPS) is 10.8. The lowest BCUT2D eigenvalue weighted by Gasteiger charge is -2.12. The van der Waals surface area contributed by atoms with Gasteiger partial charge in [0.2, 0.25) is 5.91 Å². The summed E-state index contributed by atoms with van der Waals surface area (Å²) in [4.78, 5) is 23.7. The lowest BCUT2D eigenvalue weighted by molar-refractivity contribution is -0.114. The number of hydrogen-bond acceptors (Lipinski definition) is 5. The second-order valence-corrected chi connectivity index (χ2v) is 8.75. The monoisotopic (exact) mass is 473 g/mol. The second-order valence-electron chi connectivity index (χ2n) is 6.70. The van der Waals surface area contributed by atoms with Crippen LogP contribution in [0.4, 0.5) is 17.1 Å². The molecule has 0 saturated heterocycles. The minimum atomic E-state index is -4.06. The van der Waals surface area contributed by atoms with Crippen LogP contribution in [0.3, 0.4) is 0 Å². The van der Waals surface area contributed by atoms with E-state index in [-0.39, 0.29) is 21.4 Å². The molecule has 0 atom stereocenters. The molecule has 0 aliphatic heterocycles. The maximum Gasteiger partial charge on any atom is 0.263 e. The van der Waals surface area contributed by atoms with E-state index in [1.807, 2.05) is 0 Å². The number of hydrogen-bond donors (Lipinski definition) is 3. The highest BCUT2D eigenvalue weighted by molar-refractivity contribution is 7.92. The van der Waals surface area contributed by atoms with Crippen LogP contribution in [-0.4, -0.2) is 27.3 Å². The summed E-state index contributed by atoms with van der Waals surface area (Å²) < 4.78 is 33.2. The van der Waals surface area contributed by atoms with Crippen LogP contribution in [0.15, 0.2) is 71.6 Å². The highest BCUT2D eigenvalue weighted by Crippen LogP contribution is 2.26. The SMILES string of the molecule is COc1ccc(NS(=O)(=O)c2cc(C(=O)Nc3cccc(NC(C)=O)c3)ccc2Cl)cc1. The van der Waals surface area contributed by atoms with Gasteiger partial charge in [0.1, 0.15) is 10.6 Å². The molecule has 0 bridgehead atoms. The van der Waals surface area contributed by atoms with Crippen LogP contribution in [0.25, 0.3) is 0 Å². The fourth-order valence-corrected chi connectivity index (χ4v) is 4.39. The van der Waals surface area contributed by atoms with Crippen molar-refractivity contribution in [3.05, 3.63) is 77.3 Å². The number of sulfonamides is 1. The van der Waals surface area contributed by atoms with E-state index in [1.54, 1.807) is 48.5 Å². The Bertz CT molecular complexity index is 1260. The predicted molar refractivity (Wildman–Crippen MR) is 124 cm³/mol. The molecule has 0 heterocycles. The van der Waals surface area contributed by atoms with Crippen molar-refractivity contribution in [3.8, 4) is 5.75 Å². The molecule has 166 valence electrons. The second kappa shape index (κ2) is 9.71. The van der Waals surface area contributed by atoms with E-state index >= 15 is 0 Å². The Hall–Kier alpha value is -3.56. The number of amides is 2. The van der Waals surface area contributed by atoms with Crippen LogP contribution < -0.4 is 20.1 Å². The zero-order valence-corrected chi connectivity index (χ0v) is 18.8. The first-order valence-electron chi connectivity index (χ1n) is 9.33. The first-order valence-corrected chi connectivity index (χ1v) is 11.2. The summed E-state index contributed by atoms with van der Waals surface area (Å²) >= 11 is 6.12. The first kappa shape index (κ1) is 23.1. The van der Waals surface area contributed by atoms with Crippen LogP contribution in [0.2, 0.25) is 5.02 Å². The van der Waals surface area contributed by atoms with E-state index in [9.17, 15) is 18.0 Å². The van der Waals surface area contributed by atoms with Gasteiger partial charge >= 0.3 is 0 Å². The number of rotatable bonds is 7. The zero-order valence-electron chi connectivity index (χ0n) is 17.2. The topological polar surface area (TPSA) is 114 Å². The van der Waals surface area contributed by atoms with Gasteiger partial charge in [0.25, 0.3) is 15.9 Å². The Morgan fingerprint density at radius 2 is 1.53 bits per heavy atom. The Labute approximate surface area is 190 Å². The maximum absolute atomic E-state index is 12.9. The molecular weight excluding hydrogens is 454 g/mol. The number of carbonyl (C=O) groups excluding carboxylic acids is 2. The van der Waals surface area contributed by atoms with Crippen LogP contribution in [0.1, 0.15) is 17.3 Å². The third-order valence-electron chi connectivity index (χ3n) is 4.27. The van der Waals surface area contributed by atoms with Gasteiger partial charge in [-0.05, 0) is 60.7 Å². The number of ether oxygens (including phenoxy) is 1. The van der Waals surface area contributed by atoms with Crippen LogP contribution in [-0.2, 0) is 14.8 Å². The molecular formula is C22H20ClN3O5S. The van der Waals surface area contributed by atoms with Gasteiger partial charge in [-0.1, -0.05) is 17.7 Å². The van der Waals surface area contributed by atoms with Crippen molar-refractivity contribution in [1.82, 2.24) is 0 Å². The number of anilines is 3. The largest absolute Gasteiger partial charge is 0.497 e. The first-order chi connectivity index (χ1) is 15.2. The van der Waals surface area contributed by atoms with E-state index < -0.39 is 15.9 Å². The lowest BCUT2D eigenvalue weighted by atomic mass is 10.2. The molecule has 0 spiro atoms. The quantitative estimate of drug-likeness (QED) is 0.471. The minimum Gasteiger partial charge on any atom is -0.497 e. The van der Waals surface area contributed by atoms with E-state index in [0.717, 1.165) is 0 Å². The molecule has 0 aliphatic rings. The number of halogens is 1. The minimum absolute atomic E-state index is 0.0322. The molecule has 0 aromatic heterocycles. The summed E-state index contributed by atoms with van der Waals surface area (Å²) in [5.74, 6) is -0.208. The molecule has 0 radical (unpaired) electrons. The lowest BCUT2D eigenvalue weighted by Crippen LogP contribution is -2.16. The summed E-state index contributed by atoms with van der Waals surface area (Å²) in [6, 6.07) is 16.8. The van der Waals surface area contributed by atoms with Gasteiger partial charge in [0, 0.05) is 29.5 Å². The third-order valence-corrected chi connectivity index (χ3v) is 6.13. The third kappa shape index (κ3) is 5.77. The predicted octanol–water partition coefficient (Wildman–Crippen LogP) is 4.36. The van der Waals surface area contributed by atoms with E-state index in [0.29, 0.717) is 22.8 Å². The van der Waals surface area contributed by atoms with Crippen LogP contribution >= 0.6 is 11.6 Å². The average Bonchev–Trinajstić information content (AvgIpc) is 2.74. The Morgan fingerprint density at radius 3 is 2.16 bits per heavy atom. The van der Waals surface area contributed by atoms with Gasteiger partial charge in [-0.15, -0.1) is 0 Å². The molecule has 0 fully saturated rings. The van der Waals surface area contributed by atoms with Crippen LogP contribution in [0.5, 0.6) is 5.75 Å². The molecule has 3 aromatic carbocycles. The van der Waals surface area contributed by atoms with Gasteiger partial charge in [0.05, 0.1) is 12.1 Å². The number of nitrogens with one attached hydrogen (secondary N) is 3. The number of benzene rings is 3. The maximum atomic E-state index is 12.9. The van der Waals surface area contributed by atoms with Crippen molar-refractivity contribution in [1.29, 1.82) is 0 Å². The van der Waals surface area contributed by atoms with Crippen molar-refractivity contribution in [2.24, 2.45) is 0 Å². The summed E-state index contributed by atoms with van der Waals surface area (Å²) in [6.45, 7) is 1.38. The molecule has 8 nitrogen and oxygen atoms in total. The van der Waals surface area contributed by atoms with Gasteiger partial charge in [0.15, 0.2) is 0 Å². The summed E-state index contributed by atoms with van der Waals surface area (Å²) in [6.07, 6.45) is 0. The Morgan fingerprint density at radius 1 is 0.875 bits per heavy atom. The van der Waals surface area contributed by atoms with Crippen molar-refractivity contribution in [2.45, 2.75) is 11.8 Å². The summed E-state index contributed by atoms with van der Waals surface area (Å²) in [7, 11) is -2.56. The average molecular weight is 474 g/mol. The van der Waals surface area contributed by atoms with Gasteiger partial charge in [-0.3, -0.25) is 14.3 Å². The molecule has 0 unspecified atom stereocenters. The molecule has 3 aromatic rings. The molecule has 2 amide bonds. The van der Waals surface area contributed by atoms with Gasteiger partial charge in [-0.25, -0.2) is 8.42 Å². The summed E-state index contributed by atoms with van der Waals surface area (Å²) in [5.41, 5.74) is 1.34. The van der Waals surface area contributed by atoms with Gasteiger partial charge in [-0.2, -0.15) is 0 Å². The standard InChI is InChI=1S/C22H20ClN3O5S/c1-14(27)24-17-4-3-5-18(13-17)25-22(28)15-6-11-20(23)21(12-15)32(29,30)26-16-7-9-19(31-2)10-8-16/h3-13,26H,1-2H3,(H,24,27)(H,25,28). The molecule has 0 aliphatic carbocycles.